The molecule has 2 heterocycles. The lowest BCUT2D eigenvalue weighted by atomic mass is 10.1. The molecule has 4 nitrogen and oxygen atoms in total. The number of anilines is 2. The van der Waals surface area contributed by atoms with Crippen molar-refractivity contribution in [2.75, 3.05) is 17.2 Å². The maximum absolute atomic E-state index is 4.91. The van der Waals surface area contributed by atoms with Crippen molar-refractivity contribution in [3.8, 4) is 11.3 Å². The molecule has 0 amide bonds. The Morgan fingerprint density at radius 1 is 0.852 bits per heavy atom. The first kappa shape index (κ1) is 17.0. The van der Waals surface area contributed by atoms with Gasteiger partial charge in [-0.1, -0.05) is 36.4 Å². The highest BCUT2D eigenvalue weighted by Gasteiger charge is 2.08. The molecule has 2 N–H and O–H groups in total. The number of hydrogen-bond acceptors (Lipinski definition) is 4. The molecular weight excluding hydrogens is 332 g/mol. The average Bonchev–Trinajstić information content (AvgIpc) is 2.73. The van der Waals surface area contributed by atoms with Crippen LogP contribution in [0.4, 0.5) is 11.5 Å². The highest BCUT2D eigenvalue weighted by atomic mass is 15.0. The van der Waals surface area contributed by atoms with Gasteiger partial charge in [0.2, 0.25) is 0 Å². The zero-order chi connectivity index (χ0) is 18.5. The number of fused-ring (bicyclic) bond motifs is 1. The standard InChI is InChI=1S/C23H22N4/c1-2-25-20-9-7-18(8-10-20)22-15-19-5-3-4-6-21(19)23(27-22)26-16-17-11-13-24-14-12-17/h3-15,25H,2,16H2,1H3,(H,26,27). The van der Waals surface area contributed by atoms with Gasteiger partial charge < -0.3 is 10.6 Å². The van der Waals surface area contributed by atoms with Gasteiger partial charge in [0.1, 0.15) is 5.82 Å². The van der Waals surface area contributed by atoms with E-state index < -0.39 is 0 Å². The van der Waals surface area contributed by atoms with Crippen LogP contribution in [0.15, 0.2) is 79.1 Å². The van der Waals surface area contributed by atoms with Crippen molar-refractivity contribution < 1.29 is 0 Å². The summed E-state index contributed by atoms with van der Waals surface area (Å²) in [5, 5.41) is 9.12. The Morgan fingerprint density at radius 2 is 1.63 bits per heavy atom. The third kappa shape index (κ3) is 3.90. The quantitative estimate of drug-likeness (QED) is 0.491. The van der Waals surface area contributed by atoms with Crippen LogP contribution in [0.5, 0.6) is 0 Å². The summed E-state index contributed by atoms with van der Waals surface area (Å²) in [6.07, 6.45) is 3.62. The summed E-state index contributed by atoms with van der Waals surface area (Å²) in [4.78, 5) is 8.99. The third-order valence-electron chi connectivity index (χ3n) is 4.51. The van der Waals surface area contributed by atoms with Crippen LogP contribution >= 0.6 is 0 Å². The number of aromatic nitrogens is 2. The van der Waals surface area contributed by atoms with Crippen molar-refractivity contribution >= 4 is 22.3 Å². The molecule has 0 unspecified atom stereocenters. The monoisotopic (exact) mass is 354 g/mol. The topological polar surface area (TPSA) is 49.8 Å². The summed E-state index contributed by atoms with van der Waals surface area (Å²) >= 11 is 0. The smallest absolute Gasteiger partial charge is 0.134 e. The molecule has 27 heavy (non-hydrogen) atoms. The number of benzene rings is 2. The van der Waals surface area contributed by atoms with E-state index >= 15 is 0 Å². The number of nitrogens with zero attached hydrogens (tertiary/aromatic N) is 2. The van der Waals surface area contributed by atoms with Gasteiger partial charge >= 0.3 is 0 Å². The Morgan fingerprint density at radius 3 is 2.41 bits per heavy atom. The van der Waals surface area contributed by atoms with Crippen molar-refractivity contribution in [3.05, 3.63) is 84.7 Å². The van der Waals surface area contributed by atoms with E-state index in [4.69, 9.17) is 4.98 Å². The lowest BCUT2D eigenvalue weighted by Crippen LogP contribution is -2.03. The first-order valence-corrected chi connectivity index (χ1v) is 9.20. The van der Waals surface area contributed by atoms with Crippen LogP contribution in [-0.2, 0) is 6.54 Å². The van der Waals surface area contributed by atoms with Crippen molar-refractivity contribution in [2.24, 2.45) is 0 Å². The second-order valence-corrected chi connectivity index (χ2v) is 6.39. The van der Waals surface area contributed by atoms with Crippen LogP contribution in [-0.4, -0.2) is 16.5 Å². The van der Waals surface area contributed by atoms with E-state index in [0.29, 0.717) is 6.54 Å². The molecule has 4 rings (SSSR count). The Kier molecular flexibility index (Phi) is 4.97. The molecule has 0 saturated heterocycles. The van der Waals surface area contributed by atoms with Crippen LogP contribution < -0.4 is 10.6 Å². The zero-order valence-corrected chi connectivity index (χ0v) is 15.3. The van der Waals surface area contributed by atoms with Gasteiger partial charge in [-0.2, -0.15) is 0 Å². The molecule has 4 heteroatoms. The molecule has 0 bridgehead atoms. The molecule has 0 saturated carbocycles. The lowest BCUT2D eigenvalue weighted by Gasteiger charge is -2.12. The van der Waals surface area contributed by atoms with Crippen LogP contribution in [0, 0.1) is 0 Å². The van der Waals surface area contributed by atoms with Gasteiger partial charge in [-0.05, 0) is 48.2 Å². The normalized spacial score (nSPS) is 10.7. The summed E-state index contributed by atoms with van der Waals surface area (Å²) in [5.41, 5.74) is 4.37. The summed E-state index contributed by atoms with van der Waals surface area (Å²) in [6, 6.07) is 22.9. The van der Waals surface area contributed by atoms with Crippen molar-refractivity contribution in [1.82, 2.24) is 9.97 Å². The van der Waals surface area contributed by atoms with Crippen molar-refractivity contribution in [1.29, 1.82) is 0 Å². The number of hydrogen-bond donors (Lipinski definition) is 2. The molecule has 0 atom stereocenters. The first-order valence-electron chi connectivity index (χ1n) is 9.20. The fraction of sp³-hybridized carbons (Fsp3) is 0.130. The minimum absolute atomic E-state index is 0.711. The van der Waals surface area contributed by atoms with Gasteiger partial charge in [0.25, 0.3) is 0 Å². The SMILES string of the molecule is CCNc1ccc(-c2cc3ccccc3c(NCc3ccncc3)n2)cc1. The highest BCUT2D eigenvalue weighted by Crippen LogP contribution is 2.28. The van der Waals surface area contributed by atoms with Crippen LogP contribution in [0.2, 0.25) is 0 Å². The van der Waals surface area contributed by atoms with Gasteiger partial charge in [0.15, 0.2) is 0 Å². The molecule has 134 valence electrons. The van der Waals surface area contributed by atoms with Crippen molar-refractivity contribution in [2.45, 2.75) is 13.5 Å². The predicted octanol–water partition coefficient (Wildman–Crippen LogP) is 5.34. The van der Waals surface area contributed by atoms with E-state index in [2.05, 4.69) is 71.1 Å². The second kappa shape index (κ2) is 7.87. The Labute approximate surface area is 159 Å². The van der Waals surface area contributed by atoms with Crippen LogP contribution in [0.25, 0.3) is 22.0 Å². The molecule has 0 aliphatic carbocycles. The van der Waals surface area contributed by atoms with Gasteiger partial charge in [-0.3, -0.25) is 4.98 Å². The first-order chi connectivity index (χ1) is 13.3. The zero-order valence-electron chi connectivity index (χ0n) is 15.3. The minimum atomic E-state index is 0.711. The maximum Gasteiger partial charge on any atom is 0.134 e. The Bertz CT molecular complexity index is 1030. The van der Waals surface area contributed by atoms with E-state index in [1.807, 2.05) is 30.6 Å². The minimum Gasteiger partial charge on any atom is -0.385 e. The lowest BCUT2D eigenvalue weighted by molar-refractivity contribution is 1.11. The van der Waals surface area contributed by atoms with Gasteiger partial charge in [0, 0.05) is 42.1 Å². The summed E-state index contributed by atoms with van der Waals surface area (Å²) in [6.45, 7) is 3.72. The second-order valence-electron chi connectivity index (χ2n) is 6.39. The fourth-order valence-electron chi connectivity index (χ4n) is 3.13. The van der Waals surface area contributed by atoms with Crippen LogP contribution in [0.3, 0.4) is 0 Å². The Balaban J connectivity index is 1.69. The number of nitrogens with one attached hydrogen (secondary N) is 2. The van der Waals surface area contributed by atoms with Gasteiger partial charge in [-0.25, -0.2) is 4.98 Å². The summed E-state index contributed by atoms with van der Waals surface area (Å²) in [5.74, 6) is 0.899. The van der Waals surface area contributed by atoms with E-state index in [1.165, 1.54) is 10.9 Å². The van der Waals surface area contributed by atoms with E-state index in [1.54, 1.807) is 0 Å². The third-order valence-corrected chi connectivity index (χ3v) is 4.51. The average molecular weight is 354 g/mol. The largest absolute Gasteiger partial charge is 0.385 e. The number of pyridine rings is 2. The molecule has 0 aliphatic rings. The number of rotatable bonds is 6. The highest BCUT2D eigenvalue weighted by molar-refractivity contribution is 5.94. The Hall–Kier alpha value is -3.40. The fourth-order valence-corrected chi connectivity index (χ4v) is 3.13. The molecule has 0 spiro atoms. The molecule has 0 aliphatic heterocycles. The molecule has 0 radical (unpaired) electrons. The van der Waals surface area contributed by atoms with Crippen LogP contribution in [0.1, 0.15) is 12.5 Å². The van der Waals surface area contributed by atoms with Gasteiger partial charge in [0.05, 0.1) is 5.69 Å². The maximum atomic E-state index is 4.91. The van der Waals surface area contributed by atoms with E-state index in [9.17, 15) is 0 Å². The predicted molar refractivity (Wildman–Crippen MR) is 113 cm³/mol. The molecule has 2 aromatic heterocycles. The summed E-state index contributed by atoms with van der Waals surface area (Å²) < 4.78 is 0. The molecule has 4 aromatic rings. The molecule has 2 aromatic carbocycles. The van der Waals surface area contributed by atoms with E-state index in [-0.39, 0.29) is 0 Å². The van der Waals surface area contributed by atoms with Crippen molar-refractivity contribution in [3.63, 3.8) is 0 Å². The molecule has 0 fully saturated rings. The summed E-state index contributed by atoms with van der Waals surface area (Å²) in [7, 11) is 0. The van der Waals surface area contributed by atoms with Gasteiger partial charge in [-0.15, -0.1) is 0 Å². The molecular formula is C23H22N4. The van der Waals surface area contributed by atoms with E-state index in [0.717, 1.165) is 34.7 Å².